The number of amides is 1. The average molecular weight is 391 g/mol. The number of thioether (sulfide) groups is 1. The lowest BCUT2D eigenvalue weighted by atomic mass is 10.2. The molecule has 3 rings (SSSR count). The summed E-state index contributed by atoms with van der Waals surface area (Å²) in [5, 5.41) is 22.8. The summed E-state index contributed by atoms with van der Waals surface area (Å²) in [4.78, 5) is 27.7. The first kappa shape index (κ1) is 17.9. The van der Waals surface area contributed by atoms with E-state index in [1.54, 1.807) is 0 Å². The zero-order chi connectivity index (χ0) is 18.5. The maximum atomic E-state index is 12.1. The molecule has 2 N–H and O–H groups in total. The summed E-state index contributed by atoms with van der Waals surface area (Å²) in [6.45, 7) is 0. The van der Waals surface area contributed by atoms with Gasteiger partial charge in [-0.1, -0.05) is 17.8 Å². The Balaban J connectivity index is 1.60. The highest BCUT2D eigenvalue weighted by molar-refractivity contribution is 7.99. The van der Waals surface area contributed by atoms with E-state index in [1.807, 2.05) is 17.5 Å². The summed E-state index contributed by atoms with van der Waals surface area (Å²) in [5.74, 6) is 0.655. The smallest absolute Gasteiger partial charge is 0.273 e. The largest absolute Gasteiger partial charge is 0.494 e. The molecule has 11 heteroatoms. The summed E-state index contributed by atoms with van der Waals surface area (Å²) in [6.07, 6.45) is 0. The van der Waals surface area contributed by atoms with Gasteiger partial charge in [0.25, 0.3) is 5.69 Å². The number of rotatable bonds is 7. The number of methoxy groups -OCH3 is 1. The van der Waals surface area contributed by atoms with Gasteiger partial charge in [0.2, 0.25) is 11.1 Å². The van der Waals surface area contributed by atoms with Crippen LogP contribution in [-0.2, 0) is 4.79 Å². The van der Waals surface area contributed by atoms with Crippen LogP contribution in [0.5, 0.6) is 5.75 Å². The molecule has 0 radical (unpaired) electrons. The Kier molecular flexibility index (Phi) is 5.49. The zero-order valence-electron chi connectivity index (χ0n) is 13.5. The molecule has 0 aliphatic heterocycles. The predicted octanol–water partition coefficient (Wildman–Crippen LogP) is 3.18. The molecule has 2 aromatic heterocycles. The number of nitrogens with one attached hydrogen (secondary N) is 2. The highest BCUT2D eigenvalue weighted by atomic mass is 32.2. The molecule has 0 fully saturated rings. The molecule has 0 aliphatic carbocycles. The van der Waals surface area contributed by atoms with Gasteiger partial charge in [0.15, 0.2) is 5.82 Å². The Morgan fingerprint density at radius 2 is 2.31 bits per heavy atom. The Morgan fingerprint density at radius 3 is 3.00 bits per heavy atom. The van der Waals surface area contributed by atoms with Crippen molar-refractivity contribution in [3.8, 4) is 16.5 Å². The average Bonchev–Trinajstić information content (AvgIpc) is 3.31. The SMILES string of the molecule is COc1cc([N+](=O)[O-])ccc1NC(=O)CSc1n[nH]c(-c2cccs2)n1. The standard InChI is InChI=1S/C15H13N5O4S2/c1-24-11-7-9(20(22)23)4-5-10(11)16-13(21)8-26-15-17-14(18-19-15)12-3-2-6-25-12/h2-7H,8H2,1H3,(H,16,21)(H,17,18,19). The minimum atomic E-state index is -0.529. The zero-order valence-corrected chi connectivity index (χ0v) is 15.1. The second-order valence-electron chi connectivity index (χ2n) is 4.92. The molecule has 0 saturated heterocycles. The van der Waals surface area contributed by atoms with Crippen molar-refractivity contribution in [3.63, 3.8) is 0 Å². The number of thiophene rings is 1. The quantitative estimate of drug-likeness (QED) is 0.360. The van der Waals surface area contributed by atoms with E-state index in [0.29, 0.717) is 16.7 Å². The van der Waals surface area contributed by atoms with Crippen LogP contribution < -0.4 is 10.1 Å². The third kappa shape index (κ3) is 4.18. The number of nitro groups is 1. The number of aromatic amines is 1. The lowest BCUT2D eigenvalue weighted by Gasteiger charge is -2.09. The van der Waals surface area contributed by atoms with Gasteiger partial charge in [-0.25, -0.2) is 4.98 Å². The number of carbonyl (C=O) groups excluding carboxylic acids is 1. The summed E-state index contributed by atoms with van der Waals surface area (Å²) in [5.41, 5.74) is 0.244. The lowest BCUT2D eigenvalue weighted by molar-refractivity contribution is -0.384. The Bertz CT molecular complexity index is 926. The number of non-ortho nitro benzene ring substituents is 1. The third-order valence-corrected chi connectivity index (χ3v) is 4.95. The van der Waals surface area contributed by atoms with Gasteiger partial charge >= 0.3 is 0 Å². The van der Waals surface area contributed by atoms with Gasteiger partial charge in [-0.05, 0) is 17.5 Å². The maximum Gasteiger partial charge on any atom is 0.273 e. The number of nitro benzene ring substituents is 1. The van der Waals surface area contributed by atoms with Gasteiger partial charge < -0.3 is 10.1 Å². The van der Waals surface area contributed by atoms with Gasteiger partial charge in [-0.2, -0.15) is 0 Å². The number of hydrogen-bond acceptors (Lipinski definition) is 8. The first-order chi connectivity index (χ1) is 12.6. The molecule has 9 nitrogen and oxygen atoms in total. The van der Waals surface area contributed by atoms with E-state index in [2.05, 4.69) is 20.5 Å². The molecule has 134 valence electrons. The van der Waals surface area contributed by atoms with E-state index in [9.17, 15) is 14.9 Å². The van der Waals surface area contributed by atoms with Crippen molar-refractivity contribution in [3.05, 3.63) is 45.8 Å². The van der Waals surface area contributed by atoms with Crippen molar-refractivity contribution >= 4 is 40.4 Å². The van der Waals surface area contributed by atoms with Gasteiger partial charge in [-0.3, -0.25) is 20.0 Å². The second-order valence-corrected chi connectivity index (χ2v) is 6.81. The number of carbonyl (C=O) groups is 1. The molecule has 0 saturated carbocycles. The molecule has 0 atom stereocenters. The second kappa shape index (κ2) is 7.97. The lowest BCUT2D eigenvalue weighted by Crippen LogP contribution is -2.14. The van der Waals surface area contributed by atoms with Crippen LogP contribution >= 0.6 is 23.1 Å². The molecule has 0 aliphatic rings. The van der Waals surface area contributed by atoms with Crippen molar-refractivity contribution < 1.29 is 14.5 Å². The molecular formula is C15H13N5O4S2. The molecular weight excluding hydrogens is 378 g/mol. The Morgan fingerprint density at radius 1 is 1.46 bits per heavy atom. The fourth-order valence-electron chi connectivity index (χ4n) is 2.05. The van der Waals surface area contributed by atoms with E-state index in [-0.39, 0.29) is 23.1 Å². The summed E-state index contributed by atoms with van der Waals surface area (Å²) < 4.78 is 5.09. The van der Waals surface area contributed by atoms with Crippen molar-refractivity contribution in [2.45, 2.75) is 5.16 Å². The number of anilines is 1. The monoisotopic (exact) mass is 391 g/mol. The van der Waals surface area contributed by atoms with Crippen LogP contribution in [-0.4, -0.2) is 38.9 Å². The molecule has 0 spiro atoms. The number of ether oxygens (including phenoxy) is 1. The summed E-state index contributed by atoms with van der Waals surface area (Å²) in [6, 6.07) is 7.83. The summed E-state index contributed by atoms with van der Waals surface area (Å²) in [7, 11) is 1.38. The van der Waals surface area contributed by atoms with Crippen LogP contribution in [0.4, 0.5) is 11.4 Å². The number of H-pyrrole nitrogens is 1. The van der Waals surface area contributed by atoms with Crippen molar-refractivity contribution in [2.75, 3.05) is 18.2 Å². The van der Waals surface area contributed by atoms with Crippen molar-refractivity contribution in [2.24, 2.45) is 0 Å². The van der Waals surface area contributed by atoms with Crippen LogP contribution in [0.15, 0.2) is 40.9 Å². The van der Waals surface area contributed by atoms with Crippen LogP contribution in [0.1, 0.15) is 0 Å². The minimum Gasteiger partial charge on any atom is -0.494 e. The molecule has 0 unspecified atom stereocenters. The maximum absolute atomic E-state index is 12.1. The third-order valence-electron chi connectivity index (χ3n) is 3.22. The molecule has 26 heavy (non-hydrogen) atoms. The van der Waals surface area contributed by atoms with Crippen LogP contribution in [0, 0.1) is 10.1 Å². The number of nitrogens with zero attached hydrogens (tertiary/aromatic N) is 3. The molecule has 3 aromatic rings. The molecule has 1 aromatic carbocycles. The van der Waals surface area contributed by atoms with E-state index in [0.717, 1.165) is 4.88 Å². The highest BCUT2D eigenvalue weighted by Crippen LogP contribution is 2.29. The Labute approximate surface area is 155 Å². The molecule has 0 bridgehead atoms. The minimum absolute atomic E-state index is 0.0852. The Hall–Kier alpha value is -2.92. The van der Waals surface area contributed by atoms with Gasteiger partial charge in [-0.15, -0.1) is 16.4 Å². The van der Waals surface area contributed by atoms with Gasteiger partial charge in [0, 0.05) is 6.07 Å². The van der Waals surface area contributed by atoms with Crippen LogP contribution in [0.25, 0.3) is 10.7 Å². The predicted molar refractivity (Wildman–Crippen MR) is 98.7 cm³/mol. The van der Waals surface area contributed by atoms with E-state index >= 15 is 0 Å². The topological polar surface area (TPSA) is 123 Å². The van der Waals surface area contributed by atoms with E-state index in [4.69, 9.17) is 4.74 Å². The fourth-order valence-corrected chi connectivity index (χ4v) is 3.31. The van der Waals surface area contributed by atoms with Gasteiger partial charge in [0.1, 0.15) is 5.75 Å². The first-order valence-corrected chi connectivity index (χ1v) is 9.14. The number of hydrogen-bond donors (Lipinski definition) is 2. The van der Waals surface area contributed by atoms with Crippen LogP contribution in [0.3, 0.4) is 0 Å². The van der Waals surface area contributed by atoms with Crippen molar-refractivity contribution in [1.29, 1.82) is 0 Å². The highest BCUT2D eigenvalue weighted by Gasteiger charge is 2.14. The first-order valence-electron chi connectivity index (χ1n) is 7.28. The van der Waals surface area contributed by atoms with E-state index < -0.39 is 4.92 Å². The van der Waals surface area contributed by atoms with E-state index in [1.165, 1.54) is 48.4 Å². The number of aromatic nitrogens is 3. The fraction of sp³-hybridized carbons (Fsp3) is 0.133. The van der Waals surface area contributed by atoms with Crippen LogP contribution in [0.2, 0.25) is 0 Å². The number of benzene rings is 1. The van der Waals surface area contributed by atoms with Gasteiger partial charge in [0.05, 0.1) is 34.4 Å². The molecule has 1 amide bonds. The summed E-state index contributed by atoms with van der Waals surface area (Å²) >= 11 is 2.72. The van der Waals surface area contributed by atoms with Crippen molar-refractivity contribution in [1.82, 2.24) is 15.2 Å². The normalized spacial score (nSPS) is 10.5. The molecule has 2 heterocycles.